The van der Waals surface area contributed by atoms with Crippen molar-refractivity contribution in [3.05, 3.63) is 47.8 Å². The van der Waals surface area contributed by atoms with E-state index in [0.29, 0.717) is 11.6 Å². The van der Waals surface area contributed by atoms with Gasteiger partial charge in [-0.25, -0.2) is 9.59 Å². The van der Waals surface area contributed by atoms with Crippen LogP contribution in [-0.4, -0.2) is 38.2 Å². The molecule has 0 unspecified atom stereocenters. The Hall–Kier alpha value is -3.78. The molecule has 28 heavy (non-hydrogen) atoms. The maximum Gasteiger partial charge on any atom is 0.333 e. The second kappa shape index (κ2) is 11.0. The molecular formula is C20H21N3O5. The van der Waals surface area contributed by atoms with E-state index >= 15 is 0 Å². The fraction of sp³-hybridized carbons (Fsp3) is 0.300. The number of furan rings is 1. The molecular weight excluding hydrogens is 362 g/mol. The summed E-state index contributed by atoms with van der Waals surface area (Å²) < 4.78 is 15.8. The predicted octanol–water partition coefficient (Wildman–Crippen LogP) is 2.76. The summed E-state index contributed by atoms with van der Waals surface area (Å²) in [5.74, 6) is -0.302. The van der Waals surface area contributed by atoms with Gasteiger partial charge in [-0.1, -0.05) is 13.2 Å². The lowest BCUT2D eigenvalue weighted by Crippen LogP contribution is -2.32. The molecule has 0 atom stereocenters. The molecule has 0 saturated carbocycles. The number of allylic oxidation sites excluding steroid dienone is 1. The molecule has 0 bridgehead atoms. The van der Waals surface area contributed by atoms with Crippen LogP contribution in [0.1, 0.15) is 19.6 Å². The zero-order chi connectivity index (χ0) is 21.1. The highest BCUT2D eigenvalue weighted by Crippen LogP contribution is 2.20. The van der Waals surface area contributed by atoms with Gasteiger partial charge in [0, 0.05) is 23.3 Å². The quantitative estimate of drug-likeness (QED) is 0.344. The van der Waals surface area contributed by atoms with Gasteiger partial charge in [0.15, 0.2) is 5.88 Å². The minimum Gasteiger partial charge on any atom is -0.460 e. The van der Waals surface area contributed by atoms with Crippen molar-refractivity contribution in [2.24, 2.45) is 0 Å². The number of carbonyl (C=O) groups excluding carboxylic acids is 2. The molecule has 0 aromatic carbocycles. The van der Waals surface area contributed by atoms with Gasteiger partial charge in [-0.3, -0.25) is 0 Å². The summed E-state index contributed by atoms with van der Waals surface area (Å²) in [4.78, 5) is 24.7. The van der Waals surface area contributed by atoms with Crippen LogP contribution in [0.4, 0.5) is 5.88 Å². The first-order valence-electron chi connectivity index (χ1n) is 8.30. The molecule has 1 rings (SSSR count). The first kappa shape index (κ1) is 22.3. The number of hydrogen-bond donors (Lipinski definition) is 0. The van der Waals surface area contributed by atoms with Crippen LogP contribution in [0.15, 0.2) is 46.4 Å². The third-order valence-corrected chi connectivity index (χ3v) is 3.34. The van der Waals surface area contributed by atoms with Gasteiger partial charge in [0.25, 0.3) is 0 Å². The minimum absolute atomic E-state index is 0.0631. The molecule has 8 heteroatoms. The SMILES string of the molecule is C=C(C)C(=O)OCCN(CCOC(=O)C(=C)C)c1ccc(C=C(C#N)C#N)o1. The van der Waals surface area contributed by atoms with Crippen LogP contribution in [0.2, 0.25) is 0 Å². The smallest absolute Gasteiger partial charge is 0.333 e. The van der Waals surface area contributed by atoms with Crippen molar-refractivity contribution >= 4 is 23.9 Å². The van der Waals surface area contributed by atoms with Crippen LogP contribution >= 0.6 is 0 Å². The largest absolute Gasteiger partial charge is 0.460 e. The summed E-state index contributed by atoms with van der Waals surface area (Å²) in [6.07, 6.45) is 1.31. The molecule has 0 N–H and O–H groups in total. The van der Waals surface area contributed by atoms with E-state index in [1.54, 1.807) is 43.0 Å². The number of anilines is 1. The molecule has 0 aliphatic carbocycles. The van der Waals surface area contributed by atoms with Crippen molar-refractivity contribution in [3.8, 4) is 12.1 Å². The Morgan fingerprint density at radius 3 is 2.00 bits per heavy atom. The Morgan fingerprint density at radius 1 is 1.07 bits per heavy atom. The van der Waals surface area contributed by atoms with Gasteiger partial charge < -0.3 is 18.8 Å². The predicted molar refractivity (Wildman–Crippen MR) is 102 cm³/mol. The Labute approximate surface area is 163 Å². The van der Waals surface area contributed by atoms with Gasteiger partial charge >= 0.3 is 11.9 Å². The molecule has 0 spiro atoms. The van der Waals surface area contributed by atoms with E-state index in [1.165, 1.54) is 6.08 Å². The van der Waals surface area contributed by atoms with Gasteiger partial charge in [0.1, 0.15) is 36.7 Å². The molecule has 0 aliphatic heterocycles. The molecule has 8 nitrogen and oxygen atoms in total. The van der Waals surface area contributed by atoms with Crippen LogP contribution in [0.3, 0.4) is 0 Å². The second-order valence-electron chi connectivity index (χ2n) is 5.78. The molecule has 0 fully saturated rings. The second-order valence-corrected chi connectivity index (χ2v) is 5.78. The summed E-state index contributed by atoms with van der Waals surface area (Å²) in [6.45, 7) is 10.8. The summed E-state index contributed by atoms with van der Waals surface area (Å²) in [5, 5.41) is 17.7. The van der Waals surface area contributed by atoms with Crippen molar-refractivity contribution in [2.45, 2.75) is 13.8 Å². The van der Waals surface area contributed by atoms with Crippen LogP contribution in [0.25, 0.3) is 6.08 Å². The normalized spacial score (nSPS) is 9.43. The van der Waals surface area contributed by atoms with Crippen LogP contribution in [0, 0.1) is 22.7 Å². The summed E-state index contributed by atoms with van der Waals surface area (Å²) in [6, 6.07) is 6.73. The summed E-state index contributed by atoms with van der Waals surface area (Å²) in [7, 11) is 0. The Bertz CT molecular complexity index is 819. The molecule has 0 radical (unpaired) electrons. The molecule has 0 saturated heterocycles. The molecule has 0 aliphatic rings. The third kappa shape index (κ3) is 7.22. The zero-order valence-electron chi connectivity index (χ0n) is 15.9. The number of rotatable bonds is 10. The number of nitrogens with zero attached hydrogens (tertiary/aromatic N) is 3. The van der Waals surface area contributed by atoms with E-state index in [2.05, 4.69) is 13.2 Å². The fourth-order valence-electron chi connectivity index (χ4n) is 1.90. The number of ether oxygens (including phenoxy) is 2. The van der Waals surface area contributed by atoms with Crippen molar-refractivity contribution < 1.29 is 23.5 Å². The maximum absolute atomic E-state index is 11.5. The lowest BCUT2D eigenvalue weighted by Gasteiger charge is -2.21. The average molecular weight is 383 g/mol. The minimum atomic E-state index is -0.510. The highest BCUT2D eigenvalue weighted by Gasteiger charge is 2.14. The summed E-state index contributed by atoms with van der Waals surface area (Å²) >= 11 is 0. The molecule has 1 aromatic rings. The lowest BCUT2D eigenvalue weighted by atomic mass is 10.3. The average Bonchev–Trinajstić information content (AvgIpc) is 3.12. The van der Waals surface area contributed by atoms with Gasteiger partial charge in [-0.15, -0.1) is 0 Å². The van der Waals surface area contributed by atoms with E-state index < -0.39 is 11.9 Å². The Morgan fingerprint density at radius 2 is 1.57 bits per heavy atom. The standard InChI is InChI=1S/C20H21N3O5/c1-14(2)19(24)26-9-7-23(8-10-27-20(25)15(3)4)18-6-5-17(28-18)11-16(12-21)13-22/h5-6,11H,1,3,7-10H2,2,4H3. The first-order valence-corrected chi connectivity index (χ1v) is 8.30. The van der Waals surface area contributed by atoms with Crippen molar-refractivity contribution in [3.63, 3.8) is 0 Å². The van der Waals surface area contributed by atoms with Crippen molar-refractivity contribution in [1.82, 2.24) is 0 Å². The highest BCUT2D eigenvalue weighted by molar-refractivity contribution is 5.87. The number of nitriles is 2. The third-order valence-electron chi connectivity index (χ3n) is 3.34. The Balaban J connectivity index is 2.85. The van der Waals surface area contributed by atoms with E-state index in [4.69, 9.17) is 24.4 Å². The summed E-state index contributed by atoms with van der Waals surface area (Å²) in [5.41, 5.74) is 0.471. The Kier molecular flexibility index (Phi) is 8.78. The highest BCUT2D eigenvalue weighted by atomic mass is 16.5. The van der Waals surface area contributed by atoms with E-state index in [-0.39, 0.29) is 43.0 Å². The number of hydrogen-bond acceptors (Lipinski definition) is 8. The topological polar surface area (TPSA) is 117 Å². The van der Waals surface area contributed by atoms with Crippen molar-refractivity contribution in [2.75, 3.05) is 31.2 Å². The number of esters is 2. The van der Waals surface area contributed by atoms with Gasteiger partial charge in [0.05, 0.1) is 13.1 Å². The maximum atomic E-state index is 11.5. The van der Waals surface area contributed by atoms with Crippen molar-refractivity contribution in [1.29, 1.82) is 10.5 Å². The first-order chi connectivity index (χ1) is 13.3. The fourth-order valence-corrected chi connectivity index (χ4v) is 1.90. The molecule has 1 heterocycles. The van der Waals surface area contributed by atoms with E-state index in [1.807, 2.05) is 0 Å². The molecule has 1 aromatic heterocycles. The van der Waals surface area contributed by atoms with E-state index in [0.717, 1.165) is 0 Å². The van der Waals surface area contributed by atoms with Gasteiger partial charge in [0.2, 0.25) is 0 Å². The van der Waals surface area contributed by atoms with Gasteiger partial charge in [-0.05, 0) is 19.9 Å². The molecule has 146 valence electrons. The van der Waals surface area contributed by atoms with Crippen LogP contribution in [-0.2, 0) is 19.1 Å². The zero-order valence-corrected chi connectivity index (χ0v) is 15.9. The van der Waals surface area contributed by atoms with Gasteiger partial charge in [-0.2, -0.15) is 10.5 Å². The monoisotopic (exact) mass is 383 g/mol. The van der Waals surface area contributed by atoms with E-state index in [9.17, 15) is 9.59 Å². The van der Waals surface area contributed by atoms with Crippen LogP contribution in [0.5, 0.6) is 0 Å². The number of carbonyl (C=O) groups is 2. The molecule has 0 amide bonds. The lowest BCUT2D eigenvalue weighted by molar-refractivity contribution is -0.139. The van der Waals surface area contributed by atoms with Crippen LogP contribution < -0.4 is 4.90 Å².